The van der Waals surface area contributed by atoms with Crippen molar-refractivity contribution in [1.82, 2.24) is 15.0 Å². The summed E-state index contributed by atoms with van der Waals surface area (Å²) in [5.74, 6) is 0.421. The summed E-state index contributed by atoms with van der Waals surface area (Å²) in [5, 5.41) is 1.07. The fourth-order valence-electron chi connectivity index (χ4n) is 2.05. The van der Waals surface area contributed by atoms with Crippen LogP contribution in [0.25, 0.3) is 22.2 Å². The first kappa shape index (κ1) is 10.7. The molecule has 2 N–H and O–H groups in total. The largest absolute Gasteiger partial charge is 0.382 e. The maximum Gasteiger partial charge on any atom is 0.142 e. The summed E-state index contributed by atoms with van der Waals surface area (Å²) in [6.45, 7) is 2.05. The van der Waals surface area contributed by atoms with Gasteiger partial charge in [0.2, 0.25) is 0 Å². The smallest absolute Gasteiger partial charge is 0.142 e. The number of aryl methyl sites for hydroxylation is 1. The van der Waals surface area contributed by atoms with Gasteiger partial charge in [0.15, 0.2) is 0 Å². The van der Waals surface area contributed by atoms with Crippen molar-refractivity contribution in [3.8, 4) is 11.3 Å². The lowest BCUT2D eigenvalue weighted by atomic mass is 10.0. The van der Waals surface area contributed by atoms with Crippen LogP contribution in [0.3, 0.4) is 0 Å². The molecule has 3 aromatic rings. The molecule has 0 aliphatic carbocycles. The Morgan fingerprint density at radius 2 is 2.00 bits per heavy atom. The van der Waals surface area contributed by atoms with Crippen LogP contribution in [0.1, 0.15) is 5.56 Å². The van der Waals surface area contributed by atoms with Crippen molar-refractivity contribution in [3.05, 3.63) is 48.4 Å². The molecule has 0 atom stereocenters. The van der Waals surface area contributed by atoms with Gasteiger partial charge in [-0.2, -0.15) is 0 Å². The first-order valence-corrected chi connectivity index (χ1v) is 5.68. The molecule has 0 amide bonds. The van der Waals surface area contributed by atoms with E-state index in [4.69, 9.17) is 5.73 Å². The maximum atomic E-state index is 5.68. The maximum absolute atomic E-state index is 5.68. The molecule has 3 rings (SSSR count). The average Bonchev–Trinajstić information content (AvgIpc) is 2.39. The standard InChI is InChI=1S/C14H12N4/c1-9-4-5-10(11-3-2-6-17-14(9)11)12-7-16-8-13(15)18-12/h2-8H,1H3,(H2,15,18). The van der Waals surface area contributed by atoms with Gasteiger partial charge in [0, 0.05) is 17.1 Å². The van der Waals surface area contributed by atoms with Gasteiger partial charge in [0.25, 0.3) is 0 Å². The van der Waals surface area contributed by atoms with E-state index in [1.54, 1.807) is 12.4 Å². The van der Waals surface area contributed by atoms with Crippen molar-refractivity contribution in [2.75, 3.05) is 5.73 Å². The number of hydrogen-bond acceptors (Lipinski definition) is 4. The van der Waals surface area contributed by atoms with Crippen LogP contribution in [0.4, 0.5) is 5.82 Å². The summed E-state index contributed by atoms with van der Waals surface area (Å²) in [6.07, 6.45) is 5.05. The molecule has 0 radical (unpaired) electrons. The van der Waals surface area contributed by atoms with E-state index in [9.17, 15) is 0 Å². The molecule has 4 heteroatoms. The van der Waals surface area contributed by atoms with Crippen LogP contribution in [0.2, 0.25) is 0 Å². The molecule has 2 heterocycles. The average molecular weight is 236 g/mol. The number of fused-ring (bicyclic) bond motifs is 1. The highest BCUT2D eigenvalue weighted by atomic mass is 14.9. The van der Waals surface area contributed by atoms with Crippen LogP contribution >= 0.6 is 0 Å². The van der Waals surface area contributed by atoms with Gasteiger partial charge in [-0.05, 0) is 18.6 Å². The number of benzene rings is 1. The monoisotopic (exact) mass is 236 g/mol. The summed E-state index contributed by atoms with van der Waals surface area (Å²) in [7, 11) is 0. The molecule has 0 aliphatic heterocycles. The van der Waals surface area contributed by atoms with E-state index in [2.05, 4.69) is 15.0 Å². The number of nitrogen functional groups attached to an aromatic ring is 1. The highest BCUT2D eigenvalue weighted by molar-refractivity contribution is 5.95. The Hall–Kier alpha value is -2.49. The van der Waals surface area contributed by atoms with E-state index in [-0.39, 0.29) is 0 Å². The molecule has 1 aromatic carbocycles. The molecule has 88 valence electrons. The third-order valence-corrected chi connectivity index (χ3v) is 2.90. The predicted molar refractivity (Wildman–Crippen MR) is 71.9 cm³/mol. The zero-order valence-corrected chi connectivity index (χ0v) is 9.96. The van der Waals surface area contributed by atoms with Crippen molar-refractivity contribution in [2.45, 2.75) is 6.92 Å². The van der Waals surface area contributed by atoms with Crippen LogP contribution in [0, 0.1) is 6.92 Å². The Morgan fingerprint density at radius 3 is 2.83 bits per heavy atom. The molecule has 0 spiro atoms. The quantitative estimate of drug-likeness (QED) is 0.705. The number of nitrogens with two attached hydrogens (primary N) is 1. The fourth-order valence-corrected chi connectivity index (χ4v) is 2.05. The first-order chi connectivity index (χ1) is 8.75. The van der Waals surface area contributed by atoms with E-state index < -0.39 is 0 Å². The molecular weight excluding hydrogens is 224 g/mol. The molecule has 0 fully saturated rings. The van der Waals surface area contributed by atoms with Gasteiger partial charge in [-0.1, -0.05) is 18.2 Å². The van der Waals surface area contributed by atoms with E-state index >= 15 is 0 Å². The van der Waals surface area contributed by atoms with Crippen molar-refractivity contribution < 1.29 is 0 Å². The highest BCUT2D eigenvalue weighted by Gasteiger charge is 2.08. The van der Waals surface area contributed by atoms with Crippen LogP contribution in [0.5, 0.6) is 0 Å². The topological polar surface area (TPSA) is 64.7 Å². The second-order valence-electron chi connectivity index (χ2n) is 4.16. The number of aromatic nitrogens is 3. The molecular formula is C14H12N4. The Kier molecular flexibility index (Phi) is 2.41. The SMILES string of the molecule is Cc1ccc(-c2cncc(N)n2)c2cccnc12. The molecule has 0 unspecified atom stereocenters. The molecule has 0 saturated heterocycles. The number of hydrogen-bond donors (Lipinski definition) is 1. The van der Waals surface area contributed by atoms with Gasteiger partial charge in [0.1, 0.15) is 5.82 Å². The zero-order valence-electron chi connectivity index (χ0n) is 9.96. The molecule has 4 nitrogen and oxygen atoms in total. The van der Waals surface area contributed by atoms with Crippen molar-refractivity contribution >= 4 is 16.7 Å². The van der Waals surface area contributed by atoms with E-state index in [0.717, 1.165) is 27.7 Å². The Balaban J connectivity index is 2.33. The summed E-state index contributed by atoms with van der Waals surface area (Å²) in [4.78, 5) is 12.8. The number of nitrogens with zero attached hydrogens (tertiary/aromatic N) is 3. The van der Waals surface area contributed by atoms with E-state index in [1.807, 2.05) is 31.2 Å². The zero-order chi connectivity index (χ0) is 12.5. The van der Waals surface area contributed by atoms with E-state index in [1.165, 1.54) is 6.20 Å². The van der Waals surface area contributed by atoms with E-state index in [0.29, 0.717) is 5.82 Å². The van der Waals surface area contributed by atoms with Crippen LogP contribution in [0.15, 0.2) is 42.9 Å². The first-order valence-electron chi connectivity index (χ1n) is 5.68. The third-order valence-electron chi connectivity index (χ3n) is 2.90. The van der Waals surface area contributed by atoms with Crippen molar-refractivity contribution in [2.24, 2.45) is 0 Å². The molecule has 18 heavy (non-hydrogen) atoms. The van der Waals surface area contributed by atoms with Gasteiger partial charge in [-0.25, -0.2) is 4.98 Å². The Morgan fingerprint density at radius 1 is 1.11 bits per heavy atom. The van der Waals surface area contributed by atoms with Crippen LogP contribution in [-0.2, 0) is 0 Å². The van der Waals surface area contributed by atoms with Crippen LogP contribution < -0.4 is 5.73 Å². The number of rotatable bonds is 1. The lowest BCUT2D eigenvalue weighted by molar-refractivity contribution is 1.22. The minimum Gasteiger partial charge on any atom is -0.382 e. The third kappa shape index (κ3) is 1.68. The minimum atomic E-state index is 0.421. The lowest BCUT2D eigenvalue weighted by Crippen LogP contribution is -1.95. The highest BCUT2D eigenvalue weighted by Crippen LogP contribution is 2.27. The molecule has 0 bridgehead atoms. The minimum absolute atomic E-state index is 0.421. The predicted octanol–water partition coefficient (Wildman–Crippen LogP) is 2.58. The lowest BCUT2D eigenvalue weighted by Gasteiger charge is -2.07. The summed E-state index contributed by atoms with van der Waals surface area (Å²) in [6, 6.07) is 8.03. The summed E-state index contributed by atoms with van der Waals surface area (Å²) >= 11 is 0. The van der Waals surface area contributed by atoms with Crippen LogP contribution in [-0.4, -0.2) is 15.0 Å². The second-order valence-corrected chi connectivity index (χ2v) is 4.16. The number of anilines is 1. The summed E-state index contributed by atoms with van der Waals surface area (Å²) in [5.41, 5.74) is 9.59. The summed E-state index contributed by atoms with van der Waals surface area (Å²) < 4.78 is 0. The van der Waals surface area contributed by atoms with Gasteiger partial charge in [-0.15, -0.1) is 0 Å². The second kappa shape index (κ2) is 4.07. The Bertz CT molecular complexity index is 722. The molecule has 2 aromatic heterocycles. The molecule has 0 aliphatic rings. The Labute approximate surface area is 105 Å². The van der Waals surface area contributed by atoms with Crippen molar-refractivity contribution in [3.63, 3.8) is 0 Å². The fraction of sp³-hybridized carbons (Fsp3) is 0.0714. The van der Waals surface area contributed by atoms with Gasteiger partial charge in [0.05, 0.1) is 23.6 Å². The van der Waals surface area contributed by atoms with Gasteiger partial charge >= 0.3 is 0 Å². The van der Waals surface area contributed by atoms with Gasteiger partial charge in [-0.3, -0.25) is 9.97 Å². The number of pyridine rings is 1. The van der Waals surface area contributed by atoms with Gasteiger partial charge < -0.3 is 5.73 Å². The normalized spacial score (nSPS) is 10.7. The molecule has 0 saturated carbocycles. The van der Waals surface area contributed by atoms with Crippen molar-refractivity contribution in [1.29, 1.82) is 0 Å².